The van der Waals surface area contributed by atoms with Crippen molar-refractivity contribution in [1.29, 1.82) is 0 Å². The summed E-state index contributed by atoms with van der Waals surface area (Å²) in [6.07, 6.45) is 2.64. The zero-order valence-electron chi connectivity index (χ0n) is 16.1. The van der Waals surface area contributed by atoms with E-state index in [9.17, 15) is 4.79 Å². The van der Waals surface area contributed by atoms with Crippen molar-refractivity contribution in [2.24, 2.45) is 12.8 Å². The van der Waals surface area contributed by atoms with Gasteiger partial charge >= 0.3 is 0 Å². The predicted molar refractivity (Wildman–Crippen MR) is 109 cm³/mol. The Bertz CT molecular complexity index is 1190. The first-order valence-electron chi connectivity index (χ1n) is 9.07. The molecule has 6 nitrogen and oxygen atoms in total. The van der Waals surface area contributed by atoms with Gasteiger partial charge in [0.2, 0.25) is 0 Å². The highest BCUT2D eigenvalue weighted by molar-refractivity contribution is 6.01. The predicted octanol–water partition coefficient (Wildman–Crippen LogP) is 3.34. The fourth-order valence-corrected chi connectivity index (χ4v) is 3.63. The highest BCUT2D eigenvalue weighted by Crippen LogP contribution is 2.32. The van der Waals surface area contributed by atoms with Crippen LogP contribution in [-0.2, 0) is 13.5 Å². The van der Waals surface area contributed by atoms with E-state index in [-0.39, 0.29) is 5.69 Å². The van der Waals surface area contributed by atoms with Gasteiger partial charge in [0.05, 0.1) is 11.2 Å². The fourth-order valence-electron chi connectivity index (χ4n) is 3.63. The zero-order valence-corrected chi connectivity index (χ0v) is 16.1. The topological polar surface area (TPSA) is 86.7 Å². The van der Waals surface area contributed by atoms with E-state index in [1.54, 1.807) is 10.7 Å². The molecule has 1 amide bonds. The molecule has 0 radical (unpaired) electrons. The molecule has 6 heteroatoms. The number of benzene rings is 1. The Morgan fingerprint density at radius 3 is 2.46 bits per heavy atom. The molecule has 0 aliphatic carbocycles. The smallest absolute Gasteiger partial charge is 0.267 e. The number of carbonyl (C=O) groups is 1. The van der Waals surface area contributed by atoms with E-state index in [0.29, 0.717) is 6.42 Å². The lowest BCUT2D eigenvalue weighted by Crippen LogP contribution is -2.13. The molecule has 0 spiro atoms. The molecule has 3 heterocycles. The van der Waals surface area contributed by atoms with Gasteiger partial charge in [-0.05, 0) is 49.2 Å². The van der Waals surface area contributed by atoms with E-state index in [0.717, 1.165) is 44.7 Å². The van der Waals surface area contributed by atoms with Crippen molar-refractivity contribution < 1.29 is 4.79 Å². The van der Waals surface area contributed by atoms with Crippen LogP contribution < -0.4 is 5.73 Å². The maximum absolute atomic E-state index is 11.8. The number of amides is 1. The zero-order chi connectivity index (χ0) is 19.8. The largest absolute Gasteiger partial charge is 0.364 e. The molecular formula is C22H21N5O. The number of hydrogen-bond donors (Lipinski definition) is 1. The summed E-state index contributed by atoms with van der Waals surface area (Å²) in [5.41, 5.74) is 12.4. The lowest BCUT2D eigenvalue weighted by atomic mass is 9.97. The Morgan fingerprint density at radius 2 is 1.75 bits per heavy atom. The Labute approximate surface area is 163 Å². The molecule has 28 heavy (non-hydrogen) atoms. The van der Waals surface area contributed by atoms with Gasteiger partial charge in [0.25, 0.3) is 5.91 Å². The third-order valence-corrected chi connectivity index (χ3v) is 4.68. The molecule has 0 saturated carbocycles. The highest BCUT2D eigenvalue weighted by Gasteiger charge is 2.17. The minimum absolute atomic E-state index is 0.249. The number of nitrogens with zero attached hydrogens (tertiary/aromatic N) is 4. The van der Waals surface area contributed by atoms with E-state index >= 15 is 0 Å². The molecule has 140 valence electrons. The Balaban J connectivity index is 1.90. The summed E-state index contributed by atoms with van der Waals surface area (Å²) in [6, 6.07) is 13.7. The van der Waals surface area contributed by atoms with E-state index in [1.807, 2.05) is 51.4 Å². The fraction of sp³-hybridized carbons (Fsp3) is 0.182. The van der Waals surface area contributed by atoms with Gasteiger partial charge in [-0.2, -0.15) is 5.10 Å². The molecule has 4 rings (SSSR count). The quantitative estimate of drug-likeness (QED) is 0.596. The highest BCUT2D eigenvalue weighted by atomic mass is 16.1. The summed E-state index contributed by atoms with van der Waals surface area (Å²) in [5, 5.41) is 5.64. The molecule has 0 fully saturated rings. The molecule has 0 atom stereocenters. The first kappa shape index (κ1) is 17.9. The van der Waals surface area contributed by atoms with Crippen LogP contribution in [0.2, 0.25) is 0 Å². The van der Waals surface area contributed by atoms with Crippen LogP contribution in [0.3, 0.4) is 0 Å². The Hall–Kier alpha value is -3.54. The lowest BCUT2D eigenvalue weighted by Gasteiger charge is -2.09. The maximum Gasteiger partial charge on any atom is 0.267 e. The summed E-state index contributed by atoms with van der Waals surface area (Å²) in [4.78, 5) is 20.7. The van der Waals surface area contributed by atoms with Crippen molar-refractivity contribution in [2.75, 3.05) is 0 Å². The van der Waals surface area contributed by atoms with Crippen molar-refractivity contribution in [3.63, 3.8) is 0 Å². The monoisotopic (exact) mass is 371 g/mol. The number of carbonyl (C=O) groups excluding carboxylic acids is 1. The average Bonchev–Trinajstić information content (AvgIpc) is 2.99. The van der Waals surface area contributed by atoms with Crippen LogP contribution in [0.25, 0.3) is 22.0 Å². The number of fused-ring (bicyclic) bond motifs is 1. The van der Waals surface area contributed by atoms with Gasteiger partial charge in [-0.25, -0.2) is 4.98 Å². The Morgan fingerprint density at radius 1 is 1.04 bits per heavy atom. The minimum Gasteiger partial charge on any atom is -0.364 e. The van der Waals surface area contributed by atoms with E-state index in [2.05, 4.69) is 27.2 Å². The molecule has 2 N–H and O–H groups in total. The molecule has 0 saturated heterocycles. The third-order valence-electron chi connectivity index (χ3n) is 4.68. The standard InChI is InChI=1S/C22H21N5O/c1-13-8-15(9-14(2)24-13)10-20-18(12-27(3)26-20)17-11-21(22(23)28)25-19-7-5-4-6-16(17)19/h4-9,11-12H,10H2,1-3H3,(H2,23,28). The summed E-state index contributed by atoms with van der Waals surface area (Å²) >= 11 is 0. The Kier molecular flexibility index (Phi) is 4.39. The molecule has 0 aliphatic rings. The van der Waals surface area contributed by atoms with Crippen molar-refractivity contribution >= 4 is 16.8 Å². The molecule has 4 aromatic rings. The van der Waals surface area contributed by atoms with E-state index in [4.69, 9.17) is 5.73 Å². The van der Waals surface area contributed by atoms with Gasteiger partial charge < -0.3 is 5.73 Å². The van der Waals surface area contributed by atoms with Crippen LogP contribution in [0.5, 0.6) is 0 Å². The van der Waals surface area contributed by atoms with Gasteiger partial charge in [0.1, 0.15) is 5.69 Å². The minimum atomic E-state index is -0.544. The summed E-state index contributed by atoms with van der Waals surface area (Å²) in [6.45, 7) is 3.98. The van der Waals surface area contributed by atoms with E-state index in [1.165, 1.54) is 0 Å². The van der Waals surface area contributed by atoms with Crippen LogP contribution >= 0.6 is 0 Å². The maximum atomic E-state index is 11.8. The second kappa shape index (κ2) is 6.88. The van der Waals surface area contributed by atoms with Crippen LogP contribution in [0, 0.1) is 13.8 Å². The first-order valence-corrected chi connectivity index (χ1v) is 9.07. The van der Waals surface area contributed by atoms with Crippen molar-refractivity contribution in [1.82, 2.24) is 19.7 Å². The molecule has 0 bridgehead atoms. The number of pyridine rings is 2. The SMILES string of the molecule is Cc1cc(Cc2nn(C)cc2-c2cc(C(N)=O)nc3ccccc23)cc(C)n1. The number of primary amides is 1. The first-order chi connectivity index (χ1) is 13.4. The average molecular weight is 371 g/mol. The van der Waals surface area contributed by atoms with Crippen LogP contribution in [0.4, 0.5) is 0 Å². The van der Waals surface area contributed by atoms with Crippen molar-refractivity contribution in [3.8, 4) is 11.1 Å². The number of aryl methyl sites for hydroxylation is 3. The normalized spacial score (nSPS) is 11.1. The van der Waals surface area contributed by atoms with Gasteiger partial charge in [-0.1, -0.05) is 18.2 Å². The summed E-state index contributed by atoms with van der Waals surface area (Å²) in [7, 11) is 1.90. The van der Waals surface area contributed by atoms with Crippen LogP contribution in [0.15, 0.2) is 48.7 Å². The van der Waals surface area contributed by atoms with Gasteiger partial charge in [-0.3, -0.25) is 14.5 Å². The second-order valence-corrected chi connectivity index (χ2v) is 7.03. The molecule has 0 unspecified atom stereocenters. The molecule has 3 aromatic heterocycles. The van der Waals surface area contributed by atoms with Gasteiger partial charge in [0, 0.05) is 42.0 Å². The van der Waals surface area contributed by atoms with Crippen LogP contribution in [0.1, 0.15) is 33.1 Å². The number of nitrogens with two attached hydrogens (primary N) is 1. The number of hydrogen-bond acceptors (Lipinski definition) is 4. The third kappa shape index (κ3) is 3.36. The second-order valence-electron chi connectivity index (χ2n) is 7.03. The molecular weight excluding hydrogens is 350 g/mol. The summed E-state index contributed by atoms with van der Waals surface area (Å²) in [5.74, 6) is -0.544. The number of aromatic nitrogens is 4. The van der Waals surface area contributed by atoms with Gasteiger partial charge in [-0.15, -0.1) is 0 Å². The van der Waals surface area contributed by atoms with E-state index < -0.39 is 5.91 Å². The lowest BCUT2D eigenvalue weighted by molar-refractivity contribution is 0.0996. The van der Waals surface area contributed by atoms with Crippen LogP contribution in [-0.4, -0.2) is 25.7 Å². The van der Waals surface area contributed by atoms with Crippen molar-refractivity contribution in [2.45, 2.75) is 20.3 Å². The molecule has 0 aliphatic heterocycles. The number of rotatable bonds is 4. The number of para-hydroxylation sites is 1. The van der Waals surface area contributed by atoms with Gasteiger partial charge in [0.15, 0.2) is 0 Å². The van der Waals surface area contributed by atoms with Crippen molar-refractivity contribution in [3.05, 3.63) is 77.0 Å². The summed E-state index contributed by atoms with van der Waals surface area (Å²) < 4.78 is 1.80. The molecule has 1 aromatic carbocycles.